The summed E-state index contributed by atoms with van der Waals surface area (Å²) in [6.07, 6.45) is 1.04. The summed E-state index contributed by atoms with van der Waals surface area (Å²) < 4.78 is 0.946. The van der Waals surface area contributed by atoms with Crippen LogP contribution in [0.15, 0.2) is 22.7 Å². The average Bonchev–Trinajstić information content (AvgIpc) is 2.41. The zero-order chi connectivity index (χ0) is 14.0. The number of carbonyl (C=O) groups is 1. The highest BCUT2D eigenvalue weighted by Crippen LogP contribution is 2.25. The third-order valence-electron chi connectivity index (χ3n) is 4.13. The normalized spacial score (nSPS) is 23.5. The Kier molecular flexibility index (Phi) is 4.63. The lowest BCUT2D eigenvalue weighted by Crippen LogP contribution is -2.45. The molecular formula is C15H21BrN2O. The Balaban J connectivity index is 2.18. The van der Waals surface area contributed by atoms with Crippen LogP contribution in [0.5, 0.6) is 0 Å². The number of benzene rings is 1. The molecule has 0 spiro atoms. The van der Waals surface area contributed by atoms with Crippen LogP contribution in [0, 0.1) is 18.8 Å². The summed E-state index contributed by atoms with van der Waals surface area (Å²) >= 11 is 3.43. The van der Waals surface area contributed by atoms with Crippen LogP contribution in [0.3, 0.4) is 0 Å². The number of nitrogens with two attached hydrogens (primary N) is 1. The van der Waals surface area contributed by atoms with Gasteiger partial charge in [0, 0.05) is 23.1 Å². The van der Waals surface area contributed by atoms with E-state index in [1.165, 1.54) is 0 Å². The number of hydrogen-bond donors (Lipinski definition) is 1. The first kappa shape index (κ1) is 14.5. The van der Waals surface area contributed by atoms with E-state index in [4.69, 9.17) is 5.73 Å². The Hall–Kier alpha value is -0.870. The fourth-order valence-electron chi connectivity index (χ4n) is 2.64. The predicted molar refractivity (Wildman–Crippen MR) is 81.1 cm³/mol. The molecule has 1 amide bonds. The first-order valence-corrected chi connectivity index (χ1v) is 7.57. The molecule has 0 bridgehead atoms. The van der Waals surface area contributed by atoms with Gasteiger partial charge in [0.1, 0.15) is 0 Å². The number of hydrogen-bond acceptors (Lipinski definition) is 2. The number of amides is 1. The average molecular weight is 325 g/mol. The van der Waals surface area contributed by atoms with Crippen molar-refractivity contribution in [2.75, 3.05) is 19.6 Å². The molecule has 4 heteroatoms. The second-order valence-electron chi connectivity index (χ2n) is 5.47. The van der Waals surface area contributed by atoms with Gasteiger partial charge in [-0.3, -0.25) is 4.79 Å². The van der Waals surface area contributed by atoms with Crippen molar-refractivity contribution < 1.29 is 4.79 Å². The molecule has 0 aromatic heterocycles. The minimum Gasteiger partial charge on any atom is -0.338 e. The number of piperidine rings is 1. The molecule has 2 rings (SSSR count). The van der Waals surface area contributed by atoms with Crippen LogP contribution >= 0.6 is 15.9 Å². The van der Waals surface area contributed by atoms with E-state index >= 15 is 0 Å². The third-order valence-corrected chi connectivity index (χ3v) is 4.63. The van der Waals surface area contributed by atoms with E-state index in [0.29, 0.717) is 18.4 Å². The molecule has 2 atom stereocenters. The van der Waals surface area contributed by atoms with E-state index in [2.05, 4.69) is 22.9 Å². The largest absolute Gasteiger partial charge is 0.338 e. The SMILES string of the molecule is Cc1ccc(Br)cc1C(=O)N1CCC(C)C(CN)C1. The lowest BCUT2D eigenvalue weighted by Gasteiger charge is -2.36. The summed E-state index contributed by atoms with van der Waals surface area (Å²) in [5.74, 6) is 1.16. The van der Waals surface area contributed by atoms with E-state index in [1.54, 1.807) is 0 Å². The molecule has 1 saturated heterocycles. The molecule has 2 N–H and O–H groups in total. The van der Waals surface area contributed by atoms with Crippen molar-refractivity contribution in [3.8, 4) is 0 Å². The number of rotatable bonds is 2. The molecule has 1 aromatic rings. The Bertz CT molecular complexity index is 475. The topological polar surface area (TPSA) is 46.3 Å². The van der Waals surface area contributed by atoms with Crippen LogP contribution in [0.25, 0.3) is 0 Å². The van der Waals surface area contributed by atoms with Crippen LogP contribution in [0.4, 0.5) is 0 Å². The number of nitrogens with zero attached hydrogens (tertiary/aromatic N) is 1. The summed E-state index contributed by atoms with van der Waals surface area (Å²) in [7, 11) is 0. The van der Waals surface area contributed by atoms with Gasteiger partial charge in [-0.2, -0.15) is 0 Å². The summed E-state index contributed by atoms with van der Waals surface area (Å²) in [6.45, 7) is 6.48. The first-order valence-electron chi connectivity index (χ1n) is 6.78. The van der Waals surface area contributed by atoms with Crippen LogP contribution < -0.4 is 5.73 Å². The summed E-state index contributed by atoms with van der Waals surface area (Å²) in [5, 5.41) is 0. The molecule has 1 fully saturated rings. The van der Waals surface area contributed by atoms with Crippen molar-refractivity contribution in [3.63, 3.8) is 0 Å². The van der Waals surface area contributed by atoms with Gasteiger partial charge in [0.25, 0.3) is 5.91 Å². The molecule has 19 heavy (non-hydrogen) atoms. The van der Waals surface area contributed by atoms with Gasteiger partial charge >= 0.3 is 0 Å². The van der Waals surface area contributed by atoms with Gasteiger partial charge in [-0.05, 0) is 49.4 Å². The fourth-order valence-corrected chi connectivity index (χ4v) is 3.00. The number of carbonyl (C=O) groups excluding carboxylic acids is 1. The van der Waals surface area contributed by atoms with Crippen molar-refractivity contribution in [1.82, 2.24) is 4.90 Å². The Morgan fingerprint density at radius 1 is 1.53 bits per heavy atom. The van der Waals surface area contributed by atoms with Crippen molar-refractivity contribution in [2.24, 2.45) is 17.6 Å². The lowest BCUT2D eigenvalue weighted by molar-refractivity contribution is 0.0617. The molecule has 104 valence electrons. The first-order chi connectivity index (χ1) is 9.02. The maximum absolute atomic E-state index is 12.6. The number of aryl methyl sites for hydroxylation is 1. The maximum atomic E-state index is 12.6. The highest BCUT2D eigenvalue weighted by Gasteiger charge is 2.28. The minimum absolute atomic E-state index is 0.129. The van der Waals surface area contributed by atoms with Crippen molar-refractivity contribution >= 4 is 21.8 Å². The van der Waals surface area contributed by atoms with Gasteiger partial charge in [0.2, 0.25) is 0 Å². The molecule has 0 radical (unpaired) electrons. The smallest absolute Gasteiger partial charge is 0.254 e. The summed E-state index contributed by atoms with van der Waals surface area (Å²) in [4.78, 5) is 14.6. The van der Waals surface area contributed by atoms with Gasteiger partial charge in [0.15, 0.2) is 0 Å². The zero-order valence-electron chi connectivity index (χ0n) is 11.5. The molecule has 3 nitrogen and oxygen atoms in total. The Morgan fingerprint density at radius 2 is 2.26 bits per heavy atom. The van der Waals surface area contributed by atoms with Gasteiger partial charge < -0.3 is 10.6 Å². The van der Waals surface area contributed by atoms with Crippen LogP contribution in [-0.2, 0) is 0 Å². The fraction of sp³-hybridized carbons (Fsp3) is 0.533. The monoisotopic (exact) mass is 324 g/mol. The third kappa shape index (κ3) is 3.18. The van der Waals surface area contributed by atoms with Gasteiger partial charge in [-0.25, -0.2) is 0 Å². The minimum atomic E-state index is 0.129. The molecule has 1 aliphatic heterocycles. The van der Waals surface area contributed by atoms with Crippen LogP contribution in [-0.4, -0.2) is 30.4 Å². The molecule has 1 aliphatic rings. The summed E-state index contributed by atoms with van der Waals surface area (Å²) in [6, 6.07) is 5.85. The van der Waals surface area contributed by atoms with Gasteiger partial charge in [0.05, 0.1) is 0 Å². The van der Waals surface area contributed by atoms with Crippen LogP contribution in [0.1, 0.15) is 29.3 Å². The predicted octanol–water partition coefficient (Wildman–Crippen LogP) is 2.81. The quantitative estimate of drug-likeness (QED) is 0.909. The number of halogens is 1. The van der Waals surface area contributed by atoms with E-state index < -0.39 is 0 Å². The molecule has 1 heterocycles. The zero-order valence-corrected chi connectivity index (χ0v) is 13.1. The molecule has 0 aliphatic carbocycles. The van der Waals surface area contributed by atoms with Gasteiger partial charge in [-0.1, -0.05) is 28.9 Å². The molecule has 2 unspecified atom stereocenters. The summed E-state index contributed by atoms with van der Waals surface area (Å²) in [5.41, 5.74) is 7.62. The van der Waals surface area contributed by atoms with Gasteiger partial charge in [-0.15, -0.1) is 0 Å². The van der Waals surface area contributed by atoms with Crippen molar-refractivity contribution in [3.05, 3.63) is 33.8 Å². The van der Waals surface area contributed by atoms with Crippen molar-refractivity contribution in [1.29, 1.82) is 0 Å². The molecule has 0 saturated carbocycles. The standard InChI is InChI=1S/C15H21BrN2O/c1-10-5-6-18(9-12(10)8-17)15(19)14-7-13(16)4-3-11(14)2/h3-4,7,10,12H,5-6,8-9,17H2,1-2H3. The maximum Gasteiger partial charge on any atom is 0.254 e. The second-order valence-corrected chi connectivity index (χ2v) is 6.39. The van der Waals surface area contributed by atoms with Crippen molar-refractivity contribution in [2.45, 2.75) is 20.3 Å². The van der Waals surface area contributed by atoms with E-state index in [-0.39, 0.29) is 5.91 Å². The molecule has 1 aromatic carbocycles. The van der Waals surface area contributed by atoms with E-state index in [9.17, 15) is 4.79 Å². The highest BCUT2D eigenvalue weighted by molar-refractivity contribution is 9.10. The number of likely N-dealkylation sites (tertiary alicyclic amines) is 1. The lowest BCUT2D eigenvalue weighted by atomic mass is 9.87. The van der Waals surface area contributed by atoms with Crippen LogP contribution in [0.2, 0.25) is 0 Å². The Morgan fingerprint density at radius 3 is 2.95 bits per heavy atom. The second kappa shape index (κ2) is 6.06. The Labute approximate surface area is 123 Å². The highest BCUT2D eigenvalue weighted by atomic mass is 79.9. The molecular weight excluding hydrogens is 304 g/mol. The van der Waals surface area contributed by atoms with E-state index in [0.717, 1.165) is 35.1 Å². The van der Waals surface area contributed by atoms with E-state index in [1.807, 2.05) is 30.0 Å².